The fourth-order valence-electron chi connectivity index (χ4n) is 2.20. The highest BCUT2D eigenvalue weighted by Crippen LogP contribution is 2.32. The third kappa shape index (κ3) is 4.89. The molecule has 0 aliphatic heterocycles. The monoisotopic (exact) mass is 353 g/mol. The summed E-state index contributed by atoms with van der Waals surface area (Å²) in [4.78, 5) is 13.5. The maximum Gasteiger partial charge on any atom is 0.417 e. The Morgan fingerprint density at radius 3 is 2.24 bits per heavy atom. The van der Waals surface area contributed by atoms with E-state index in [1.165, 1.54) is 30.1 Å². The summed E-state index contributed by atoms with van der Waals surface area (Å²) in [6.07, 6.45) is -4.58. The summed E-state index contributed by atoms with van der Waals surface area (Å²) in [5.41, 5.74) is -1.31. The van der Waals surface area contributed by atoms with E-state index in [0.717, 1.165) is 6.07 Å². The second-order valence-corrected chi connectivity index (χ2v) is 5.29. The van der Waals surface area contributed by atoms with Gasteiger partial charge in [-0.3, -0.25) is 4.79 Å². The van der Waals surface area contributed by atoms with Crippen molar-refractivity contribution in [3.8, 4) is 11.5 Å². The fourth-order valence-corrected chi connectivity index (χ4v) is 2.20. The topological polar surface area (TPSA) is 38.8 Å². The number of carbonyl (C=O) groups is 1. The van der Waals surface area contributed by atoms with Crippen molar-refractivity contribution in [1.82, 2.24) is 4.90 Å². The lowest BCUT2D eigenvalue weighted by Crippen LogP contribution is -2.32. The van der Waals surface area contributed by atoms with Crippen LogP contribution in [0, 0.1) is 0 Å². The van der Waals surface area contributed by atoms with Gasteiger partial charge in [-0.25, -0.2) is 0 Å². The summed E-state index contributed by atoms with van der Waals surface area (Å²) in [5.74, 6) is 0.562. The summed E-state index contributed by atoms with van der Waals surface area (Å²) < 4.78 is 49.5. The van der Waals surface area contributed by atoms with Gasteiger partial charge in [0.1, 0.15) is 18.1 Å². The zero-order valence-corrected chi connectivity index (χ0v) is 13.8. The van der Waals surface area contributed by atoms with Gasteiger partial charge in [0.05, 0.1) is 24.8 Å². The Morgan fingerprint density at radius 2 is 1.64 bits per heavy atom. The Labute approximate surface area is 143 Å². The molecular formula is C18H18F3NO3. The third-order valence-electron chi connectivity index (χ3n) is 3.56. The van der Waals surface area contributed by atoms with Crippen molar-refractivity contribution in [2.24, 2.45) is 0 Å². The number of benzene rings is 2. The molecule has 0 N–H and O–H groups in total. The van der Waals surface area contributed by atoms with Gasteiger partial charge in [-0.15, -0.1) is 0 Å². The van der Waals surface area contributed by atoms with Gasteiger partial charge in [-0.1, -0.05) is 12.1 Å². The van der Waals surface area contributed by atoms with Crippen molar-refractivity contribution in [3.05, 3.63) is 59.7 Å². The highest BCUT2D eigenvalue weighted by Gasteiger charge is 2.35. The van der Waals surface area contributed by atoms with Crippen LogP contribution in [-0.4, -0.2) is 38.1 Å². The number of halogens is 3. The number of rotatable bonds is 6. The molecule has 0 saturated heterocycles. The van der Waals surface area contributed by atoms with Crippen LogP contribution >= 0.6 is 0 Å². The van der Waals surface area contributed by atoms with Gasteiger partial charge in [0.15, 0.2) is 0 Å². The number of amides is 1. The Bertz CT molecular complexity index is 714. The minimum atomic E-state index is -4.58. The first-order valence-electron chi connectivity index (χ1n) is 7.51. The molecule has 0 aliphatic rings. The number of hydrogen-bond acceptors (Lipinski definition) is 3. The predicted molar refractivity (Wildman–Crippen MR) is 86.9 cm³/mol. The third-order valence-corrected chi connectivity index (χ3v) is 3.56. The molecule has 0 bridgehead atoms. The minimum Gasteiger partial charge on any atom is -0.497 e. The molecule has 2 aromatic carbocycles. The number of carbonyl (C=O) groups excluding carboxylic acids is 1. The van der Waals surface area contributed by atoms with Gasteiger partial charge in [-0.05, 0) is 36.4 Å². The normalized spacial score (nSPS) is 11.1. The van der Waals surface area contributed by atoms with Gasteiger partial charge in [0.2, 0.25) is 0 Å². The molecule has 0 radical (unpaired) electrons. The first-order valence-corrected chi connectivity index (χ1v) is 7.51. The van der Waals surface area contributed by atoms with Gasteiger partial charge < -0.3 is 14.4 Å². The largest absolute Gasteiger partial charge is 0.497 e. The van der Waals surface area contributed by atoms with Crippen molar-refractivity contribution in [2.45, 2.75) is 6.18 Å². The van der Waals surface area contributed by atoms with Crippen molar-refractivity contribution < 1.29 is 27.4 Å². The molecule has 0 spiro atoms. The molecule has 0 saturated carbocycles. The predicted octanol–water partition coefficient (Wildman–Crippen LogP) is 3.87. The van der Waals surface area contributed by atoms with Crippen LogP contribution in [0.1, 0.15) is 15.9 Å². The molecule has 0 heterocycles. The van der Waals surface area contributed by atoms with Gasteiger partial charge in [0.25, 0.3) is 5.91 Å². The van der Waals surface area contributed by atoms with E-state index < -0.39 is 17.6 Å². The van der Waals surface area contributed by atoms with E-state index in [-0.39, 0.29) is 18.7 Å². The Kier molecular flexibility index (Phi) is 5.90. The van der Waals surface area contributed by atoms with Crippen LogP contribution < -0.4 is 9.47 Å². The second-order valence-electron chi connectivity index (χ2n) is 5.29. The van der Waals surface area contributed by atoms with Crippen LogP contribution in [0.3, 0.4) is 0 Å². The maximum atomic E-state index is 13.0. The molecule has 2 rings (SSSR count). The van der Waals surface area contributed by atoms with E-state index in [2.05, 4.69) is 0 Å². The number of hydrogen-bond donors (Lipinski definition) is 0. The number of nitrogens with zero attached hydrogens (tertiary/aromatic N) is 1. The quantitative estimate of drug-likeness (QED) is 0.791. The van der Waals surface area contributed by atoms with E-state index >= 15 is 0 Å². The zero-order valence-electron chi connectivity index (χ0n) is 13.8. The molecular weight excluding hydrogens is 335 g/mol. The average molecular weight is 353 g/mol. The molecule has 2 aromatic rings. The lowest BCUT2D eigenvalue weighted by molar-refractivity contribution is -0.138. The first kappa shape index (κ1) is 18.6. The number of ether oxygens (including phenoxy) is 2. The molecule has 25 heavy (non-hydrogen) atoms. The summed E-state index contributed by atoms with van der Waals surface area (Å²) in [7, 11) is 2.99. The van der Waals surface area contributed by atoms with Crippen molar-refractivity contribution in [3.63, 3.8) is 0 Å². The van der Waals surface area contributed by atoms with Gasteiger partial charge in [-0.2, -0.15) is 13.2 Å². The molecule has 7 heteroatoms. The molecule has 134 valence electrons. The van der Waals surface area contributed by atoms with E-state index in [9.17, 15) is 18.0 Å². The standard InChI is InChI=1S/C18H18F3NO3/c1-22(11-12-25-14-9-7-13(24-2)8-10-14)17(23)15-5-3-4-6-16(15)18(19,20)21/h3-10H,11-12H2,1-2H3. The zero-order chi connectivity index (χ0) is 18.4. The van der Waals surface area contributed by atoms with Crippen LogP contribution in [0.15, 0.2) is 48.5 Å². The highest BCUT2D eigenvalue weighted by molar-refractivity contribution is 5.95. The van der Waals surface area contributed by atoms with Crippen LogP contribution in [0.5, 0.6) is 11.5 Å². The van der Waals surface area contributed by atoms with Crippen LogP contribution in [-0.2, 0) is 6.18 Å². The lowest BCUT2D eigenvalue weighted by Gasteiger charge is -2.20. The molecule has 0 aliphatic carbocycles. The van der Waals surface area contributed by atoms with Crippen molar-refractivity contribution in [2.75, 3.05) is 27.3 Å². The van der Waals surface area contributed by atoms with Crippen molar-refractivity contribution in [1.29, 1.82) is 0 Å². The van der Waals surface area contributed by atoms with Gasteiger partial charge in [0, 0.05) is 7.05 Å². The van der Waals surface area contributed by atoms with E-state index in [4.69, 9.17) is 9.47 Å². The molecule has 0 aromatic heterocycles. The van der Waals surface area contributed by atoms with E-state index in [1.54, 1.807) is 31.4 Å². The highest BCUT2D eigenvalue weighted by atomic mass is 19.4. The summed E-state index contributed by atoms with van der Waals surface area (Å²) in [6.45, 7) is 0.305. The Hall–Kier alpha value is -2.70. The molecule has 0 fully saturated rings. The fraction of sp³-hybridized carbons (Fsp3) is 0.278. The summed E-state index contributed by atoms with van der Waals surface area (Å²) >= 11 is 0. The Morgan fingerprint density at radius 1 is 1.04 bits per heavy atom. The number of methoxy groups -OCH3 is 1. The lowest BCUT2D eigenvalue weighted by atomic mass is 10.1. The maximum absolute atomic E-state index is 13.0. The molecule has 0 unspecified atom stereocenters. The number of likely N-dealkylation sites (N-methyl/N-ethyl adjacent to an activating group) is 1. The number of alkyl halides is 3. The van der Waals surface area contributed by atoms with E-state index in [1.807, 2.05) is 0 Å². The van der Waals surface area contributed by atoms with Crippen LogP contribution in [0.2, 0.25) is 0 Å². The summed E-state index contributed by atoms with van der Waals surface area (Å²) in [6, 6.07) is 11.6. The first-order chi connectivity index (χ1) is 11.8. The SMILES string of the molecule is COc1ccc(OCCN(C)C(=O)c2ccccc2C(F)(F)F)cc1. The molecule has 1 amide bonds. The molecule has 4 nitrogen and oxygen atoms in total. The summed E-state index contributed by atoms with van der Waals surface area (Å²) in [5, 5.41) is 0. The Balaban J connectivity index is 1.96. The minimum absolute atomic E-state index is 0.150. The van der Waals surface area contributed by atoms with Crippen LogP contribution in [0.25, 0.3) is 0 Å². The van der Waals surface area contributed by atoms with Crippen LogP contribution in [0.4, 0.5) is 13.2 Å². The van der Waals surface area contributed by atoms with E-state index in [0.29, 0.717) is 11.5 Å². The van der Waals surface area contributed by atoms with Crippen molar-refractivity contribution >= 4 is 5.91 Å². The molecule has 0 atom stereocenters. The average Bonchev–Trinajstić information content (AvgIpc) is 2.61. The van der Waals surface area contributed by atoms with Gasteiger partial charge >= 0.3 is 6.18 Å². The second kappa shape index (κ2) is 7.92. The smallest absolute Gasteiger partial charge is 0.417 e.